The lowest BCUT2D eigenvalue weighted by molar-refractivity contribution is 0.0379. The molecular formula is C14H21N3O4. The van der Waals surface area contributed by atoms with Gasteiger partial charge in [0.2, 0.25) is 0 Å². The Balaban J connectivity index is 2.32. The highest BCUT2D eigenvalue weighted by Crippen LogP contribution is 2.27. The fourth-order valence-corrected chi connectivity index (χ4v) is 2.30. The van der Waals surface area contributed by atoms with Crippen molar-refractivity contribution < 1.29 is 19.7 Å². The third kappa shape index (κ3) is 3.48. The third-order valence-corrected chi connectivity index (χ3v) is 3.68. The molecule has 0 bridgehead atoms. The van der Waals surface area contributed by atoms with Gasteiger partial charge in [-0.15, -0.1) is 0 Å². The van der Waals surface area contributed by atoms with Crippen molar-refractivity contribution in [2.24, 2.45) is 0 Å². The molecule has 1 aromatic rings. The fourth-order valence-electron chi connectivity index (χ4n) is 2.30. The number of carbonyl (C=O) groups is 1. The molecule has 7 heteroatoms. The van der Waals surface area contributed by atoms with Gasteiger partial charge in [-0.25, -0.2) is 14.8 Å². The Hall–Kier alpha value is -1.73. The van der Waals surface area contributed by atoms with Gasteiger partial charge in [-0.05, 0) is 12.8 Å². The molecule has 2 rings (SSSR count). The van der Waals surface area contributed by atoms with Crippen LogP contribution in [0, 0.1) is 0 Å². The molecular weight excluding hydrogens is 274 g/mol. The Labute approximate surface area is 123 Å². The van der Waals surface area contributed by atoms with E-state index in [1.807, 2.05) is 13.8 Å². The maximum atomic E-state index is 11.4. The summed E-state index contributed by atoms with van der Waals surface area (Å²) < 4.78 is 5.29. The van der Waals surface area contributed by atoms with Crippen LogP contribution in [0.3, 0.4) is 0 Å². The minimum atomic E-state index is -1.11. The zero-order chi connectivity index (χ0) is 15.5. The van der Waals surface area contributed by atoms with Crippen LogP contribution in [0.5, 0.6) is 0 Å². The van der Waals surface area contributed by atoms with E-state index in [2.05, 4.69) is 15.3 Å². The van der Waals surface area contributed by atoms with Gasteiger partial charge in [-0.1, -0.05) is 13.8 Å². The second kappa shape index (κ2) is 6.36. The number of nitrogens with zero attached hydrogens (tertiary/aromatic N) is 2. The molecule has 0 atom stereocenters. The summed E-state index contributed by atoms with van der Waals surface area (Å²) in [7, 11) is 0. The summed E-state index contributed by atoms with van der Waals surface area (Å²) >= 11 is 0. The second-order valence-corrected chi connectivity index (χ2v) is 5.63. The van der Waals surface area contributed by atoms with E-state index >= 15 is 0 Å². The zero-order valence-electron chi connectivity index (χ0n) is 12.3. The molecule has 0 unspecified atom stereocenters. The quantitative estimate of drug-likeness (QED) is 0.751. The normalized spacial score (nSPS) is 17.7. The topological polar surface area (TPSA) is 105 Å². The van der Waals surface area contributed by atoms with Crippen molar-refractivity contribution in [3.05, 3.63) is 17.7 Å². The van der Waals surface area contributed by atoms with E-state index in [-0.39, 0.29) is 18.2 Å². The molecule has 21 heavy (non-hydrogen) atoms. The predicted octanol–water partition coefficient (Wildman–Crippen LogP) is 1.25. The summed E-state index contributed by atoms with van der Waals surface area (Å²) in [5.41, 5.74) is -0.304. The summed E-state index contributed by atoms with van der Waals surface area (Å²) in [6.07, 6.45) is 2.70. The van der Waals surface area contributed by atoms with E-state index in [1.54, 1.807) is 0 Å². The molecule has 1 saturated heterocycles. The average Bonchev–Trinajstić information content (AvgIpc) is 2.48. The molecule has 1 aliphatic rings. The predicted molar refractivity (Wildman–Crippen MR) is 76.6 cm³/mol. The van der Waals surface area contributed by atoms with E-state index in [1.165, 1.54) is 6.20 Å². The summed E-state index contributed by atoms with van der Waals surface area (Å²) in [6.45, 7) is 4.77. The molecule has 2 heterocycles. The molecule has 1 fully saturated rings. The lowest BCUT2D eigenvalue weighted by Gasteiger charge is -2.37. The number of hydrogen-bond donors (Lipinski definition) is 3. The molecule has 116 valence electrons. The van der Waals surface area contributed by atoms with Gasteiger partial charge in [0.05, 0.1) is 24.0 Å². The number of aromatic nitrogens is 2. The van der Waals surface area contributed by atoms with Crippen molar-refractivity contribution in [1.82, 2.24) is 9.97 Å². The van der Waals surface area contributed by atoms with Crippen molar-refractivity contribution >= 4 is 11.7 Å². The van der Waals surface area contributed by atoms with Crippen molar-refractivity contribution in [2.45, 2.75) is 38.1 Å². The standard InChI is InChI=1S/C14H21N3O4/c1-9(2)12-15-7-10(11(16-12)13(19)20)17-14(8-18)3-5-21-6-4-14/h7,9,17-18H,3-6,8H2,1-2H3,(H,19,20). The van der Waals surface area contributed by atoms with E-state index in [0.29, 0.717) is 37.6 Å². The number of rotatable bonds is 5. The van der Waals surface area contributed by atoms with Crippen LogP contribution < -0.4 is 5.32 Å². The van der Waals surface area contributed by atoms with Gasteiger partial charge < -0.3 is 20.3 Å². The molecule has 0 radical (unpaired) electrons. The summed E-state index contributed by atoms with van der Waals surface area (Å²) in [4.78, 5) is 19.7. The smallest absolute Gasteiger partial charge is 0.356 e. The molecule has 1 aromatic heterocycles. The Kier molecular flexibility index (Phi) is 4.74. The first-order valence-electron chi connectivity index (χ1n) is 7.04. The lowest BCUT2D eigenvalue weighted by Crippen LogP contribution is -2.47. The summed E-state index contributed by atoms with van der Waals surface area (Å²) in [5, 5.41) is 22.1. The minimum absolute atomic E-state index is 0.0482. The van der Waals surface area contributed by atoms with Gasteiger partial charge in [-0.3, -0.25) is 0 Å². The van der Waals surface area contributed by atoms with Crippen molar-refractivity contribution in [3.8, 4) is 0 Å². The Morgan fingerprint density at radius 1 is 1.48 bits per heavy atom. The van der Waals surface area contributed by atoms with Gasteiger partial charge >= 0.3 is 5.97 Å². The number of nitrogens with one attached hydrogen (secondary N) is 1. The van der Waals surface area contributed by atoms with Crippen molar-refractivity contribution in [2.75, 3.05) is 25.1 Å². The molecule has 0 amide bonds. The van der Waals surface area contributed by atoms with Crippen LogP contribution in [0.2, 0.25) is 0 Å². The van der Waals surface area contributed by atoms with Crippen LogP contribution in [0.25, 0.3) is 0 Å². The third-order valence-electron chi connectivity index (χ3n) is 3.68. The van der Waals surface area contributed by atoms with E-state index < -0.39 is 11.5 Å². The lowest BCUT2D eigenvalue weighted by atomic mass is 9.90. The van der Waals surface area contributed by atoms with Gasteiger partial charge in [0.15, 0.2) is 5.69 Å². The fraction of sp³-hybridized carbons (Fsp3) is 0.643. The van der Waals surface area contributed by atoms with Crippen LogP contribution >= 0.6 is 0 Å². The number of carboxylic acid groups (broad SMARTS) is 1. The van der Waals surface area contributed by atoms with E-state index in [0.717, 1.165) is 0 Å². The minimum Gasteiger partial charge on any atom is -0.476 e. The van der Waals surface area contributed by atoms with Crippen LogP contribution in [-0.2, 0) is 4.74 Å². The Morgan fingerprint density at radius 2 is 2.14 bits per heavy atom. The average molecular weight is 295 g/mol. The molecule has 1 aliphatic heterocycles. The largest absolute Gasteiger partial charge is 0.476 e. The van der Waals surface area contributed by atoms with Gasteiger partial charge in [0, 0.05) is 19.1 Å². The van der Waals surface area contributed by atoms with Gasteiger partial charge in [0.25, 0.3) is 0 Å². The van der Waals surface area contributed by atoms with Crippen LogP contribution in [0.1, 0.15) is 48.9 Å². The van der Waals surface area contributed by atoms with Crippen LogP contribution in [0.15, 0.2) is 6.20 Å². The SMILES string of the molecule is CC(C)c1ncc(NC2(CO)CCOCC2)c(C(=O)O)n1. The number of hydrogen-bond acceptors (Lipinski definition) is 6. The number of aliphatic hydroxyl groups is 1. The van der Waals surface area contributed by atoms with Crippen molar-refractivity contribution in [3.63, 3.8) is 0 Å². The maximum absolute atomic E-state index is 11.4. The van der Waals surface area contributed by atoms with Gasteiger partial charge in [0.1, 0.15) is 5.82 Å². The highest BCUT2D eigenvalue weighted by Gasteiger charge is 2.33. The first kappa shape index (κ1) is 15.7. The van der Waals surface area contributed by atoms with Gasteiger partial charge in [-0.2, -0.15) is 0 Å². The first-order chi connectivity index (χ1) is 9.97. The highest BCUT2D eigenvalue weighted by atomic mass is 16.5. The molecule has 0 aromatic carbocycles. The Bertz CT molecular complexity index is 513. The number of aromatic carboxylic acids is 1. The monoisotopic (exact) mass is 295 g/mol. The second-order valence-electron chi connectivity index (χ2n) is 5.63. The van der Waals surface area contributed by atoms with Crippen LogP contribution in [0.4, 0.5) is 5.69 Å². The molecule has 0 aliphatic carbocycles. The molecule has 0 spiro atoms. The summed E-state index contributed by atoms with van der Waals surface area (Å²) in [6, 6.07) is 0. The maximum Gasteiger partial charge on any atom is 0.356 e. The summed E-state index contributed by atoms with van der Waals surface area (Å²) in [5.74, 6) is -0.572. The molecule has 3 N–H and O–H groups in total. The molecule has 7 nitrogen and oxygen atoms in total. The number of ether oxygens (including phenoxy) is 1. The molecule has 0 saturated carbocycles. The Morgan fingerprint density at radius 3 is 2.67 bits per heavy atom. The zero-order valence-corrected chi connectivity index (χ0v) is 12.3. The van der Waals surface area contributed by atoms with E-state index in [4.69, 9.17) is 4.74 Å². The highest BCUT2D eigenvalue weighted by molar-refractivity contribution is 5.91. The number of anilines is 1. The number of aliphatic hydroxyl groups excluding tert-OH is 1. The van der Waals surface area contributed by atoms with Crippen LogP contribution in [-0.4, -0.2) is 51.5 Å². The number of carboxylic acids is 1. The van der Waals surface area contributed by atoms with Crippen molar-refractivity contribution in [1.29, 1.82) is 0 Å². The first-order valence-corrected chi connectivity index (χ1v) is 7.04. The van der Waals surface area contributed by atoms with E-state index in [9.17, 15) is 15.0 Å².